The third-order valence-corrected chi connectivity index (χ3v) is 3.84. The zero-order valence-electron chi connectivity index (χ0n) is 13.6. The number of Topliss-reactive ketones (excluding diaryl/α,β-unsaturated/α-hetero) is 1. The Morgan fingerprint density at radius 1 is 1.12 bits per heavy atom. The number of hydrogen-bond donors (Lipinski definition) is 2. The Labute approximate surface area is 154 Å². The van der Waals surface area contributed by atoms with Crippen molar-refractivity contribution in [2.75, 3.05) is 6.61 Å². The van der Waals surface area contributed by atoms with Gasteiger partial charge in [-0.15, -0.1) is 0 Å². The average Bonchev–Trinajstić information content (AvgIpc) is 2.60. The maximum atomic E-state index is 12.9. The second-order valence-corrected chi connectivity index (χ2v) is 5.78. The Balaban J connectivity index is 1.98. The summed E-state index contributed by atoms with van der Waals surface area (Å²) in [5, 5.41) is 2.77. The molecule has 2 aromatic carbocycles. The lowest BCUT2D eigenvalue weighted by atomic mass is 10.0. The summed E-state index contributed by atoms with van der Waals surface area (Å²) >= 11 is 6.08. The fourth-order valence-electron chi connectivity index (χ4n) is 2.26. The third kappa shape index (κ3) is 5.56. The molecule has 1 atom stereocenters. The van der Waals surface area contributed by atoms with E-state index in [9.17, 15) is 18.8 Å². The van der Waals surface area contributed by atoms with Crippen LogP contribution in [0, 0.1) is 5.82 Å². The van der Waals surface area contributed by atoms with E-state index in [-0.39, 0.29) is 12.0 Å². The molecule has 136 valence electrons. The van der Waals surface area contributed by atoms with E-state index in [1.165, 1.54) is 12.1 Å². The van der Waals surface area contributed by atoms with Gasteiger partial charge in [-0.2, -0.15) is 0 Å². The minimum absolute atomic E-state index is 0.220. The Morgan fingerprint density at radius 2 is 1.77 bits per heavy atom. The highest BCUT2D eigenvalue weighted by Crippen LogP contribution is 2.25. The minimum atomic E-state index is -0.829. The molecule has 0 radical (unpaired) electrons. The monoisotopic (exact) mass is 378 g/mol. The number of benzene rings is 2. The summed E-state index contributed by atoms with van der Waals surface area (Å²) in [7, 11) is 0. The van der Waals surface area contributed by atoms with Gasteiger partial charge in [0.15, 0.2) is 12.4 Å². The summed E-state index contributed by atoms with van der Waals surface area (Å²) < 4.78 is 17.8. The van der Waals surface area contributed by atoms with Crippen molar-refractivity contribution in [3.8, 4) is 0 Å². The van der Waals surface area contributed by atoms with Crippen LogP contribution in [0.25, 0.3) is 0 Å². The molecule has 0 fully saturated rings. The van der Waals surface area contributed by atoms with E-state index in [0.29, 0.717) is 10.6 Å². The van der Waals surface area contributed by atoms with Gasteiger partial charge in [0, 0.05) is 10.6 Å². The quantitative estimate of drug-likeness (QED) is 0.571. The Morgan fingerprint density at radius 3 is 2.38 bits per heavy atom. The van der Waals surface area contributed by atoms with Crippen LogP contribution in [0.2, 0.25) is 5.02 Å². The van der Waals surface area contributed by atoms with E-state index in [2.05, 4.69) is 5.32 Å². The smallest absolute Gasteiger partial charge is 0.312 e. The molecule has 26 heavy (non-hydrogen) atoms. The first-order chi connectivity index (χ1) is 12.4. The molecule has 0 saturated carbocycles. The number of ketones is 1. The van der Waals surface area contributed by atoms with Crippen molar-refractivity contribution in [1.82, 2.24) is 5.32 Å². The van der Waals surface area contributed by atoms with E-state index < -0.39 is 36.2 Å². The summed E-state index contributed by atoms with van der Waals surface area (Å²) in [6.07, 6.45) is -0.261. The Hall–Kier alpha value is -2.93. The van der Waals surface area contributed by atoms with Gasteiger partial charge in [-0.25, -0.2) is 9.18 Å². The molecule has 2 rings (SSSR count). The lowest BCUT2D eigenvalue weighted by molar-refractivity contribution is -0.143. The highest BCUT2D eigenvalue weighted by atomic mass is 35.5. The maximum Gasteiger partial charge on any atom is 0.312 e. The van der Waals surface area contributed by atoms with Crippen LogP contribution in [-0.2, 0) is 9.53 Å². The molecule has 2 aromatic rings. The van der Waals surface area contributed by atoms with Crippen molar-refractivity contribution in [2.45, 2.75) is 12.5 Å². The van der Waals surface area contributed by atoms with E-state index in [4.69, 9.17) is 22.1 Å². The first-order valence-electron chi connectivity index (χ1n) is 7.61. The van der Waals surface area contributed by atoms with Crippen LogP contribution in [0.5, 0.6) is 0 Å². The predicted octanol–water partition coefficient (Wildman–Crippen LogP) is 3.00. The Kier molecular flexibility index (Phi) is 6.68. The average molecular weight is 379 g/mol. The largest absolute Gasteiger partial charge is 0.457 e. The van der Waals surface area contributed by atoms with Gasteiger partial charge in [-0.05, 0) is 35.9 Å². The molecular weight excluding hydrogens is 363 g/mol. The highest BCUT2D eigenvalue weighted by Gasteiger charge is 2.21. The fourth-order valence-corrected chi connectivity index (χ4v) is 2.53. The molecular formula is C18H16ClFN2O4. The number of rotatable bonds is 7. The van der Waals surface area contributed by atoms with Gasteiger partial charge in [0.25, 0.3) is 0 Å². The van der Waals surface area contributed by atoms with E-state index in [0.717, 1.165) is 12.1 Å². The maximum absolute atomic E-state index is 12.9. The molecule has 0 unspecified atom stereocenters. The zero-order chi connectivity index (χ0) is 19.1. The minimum Gasteiger partial charge on any atom is -0.457 e. The van der Waals surface area contributed by atoms with Gasteiger partial charge >= 0.3 is 12.0 Å². The van der Waals surface area contributed by atoms with Gasteiger partial charge in [0.1, 0.15) is 5.82 Å². The first-order valence-corrected chi connectivity index (χ1v) is 7.99. The van der Waals surface area contributed by atoms with Gasteiger partial charge in [-0.1, -0.05) is 29.8 Å². The number of esters is 1. The lowest BCUT2D eigenvalue weighted by Crippen LogP contribution is -2.35. The highest BCUT2D eigenvalue weighted by molar-refractivity contribution is 6.31. The SMILES string of the molecule is NC(=O)N[C@H](CC(=O)OCC(=O)c1ccc(F)cc1)c1ccccc1Cl. The van der Waals surface area contributed by atoms with Crippen LogP contribution in [0.15, 0.2) is 48.5 Å². The summed E-state index contributed by atoms with van der Waals surface area (Å²) in [4.78, 5) is 35.2. The number of ether oxygens (including phenoxy) is 1. The molecule has 0 spiro atoms. The Bertz CT molecular complexity index is 811. The standard InChI is InChI=1S/C18H16ClFN2O4/c19-14-4-2-1-3-13(14)15(22-18(21)25)9-17(24)26-10-16(23)11-5-7-12(20)8-6-11/h1-8,15H,9-10H2,(H3,21,22,25)/t15-/m1/s1. The summed E-state index contributed by atoms with van der Waals surface area (Å²) in [5.41, 5.74) is 5.85. The summed E-state index contributed by atoms with van der Waals surface area (Å²) in [6.45, 7) is -0.504. The number of hydrogen-bond acceptors (Lipinski definition) is 4. The van der Waals surface area contributed by atoms with E-state index in [1.807, 2.05) is 0 Å². The number of nitrogens with one attached hydrogen (secondary N) is 1. The van der Waals surface area contributed by atoms with Crippen molar-refractivity contribution in [3.63, 3.8) is 0 Å². The predicted molar refractivity (Wildman–Crippen MR) is 93.2 cm³/mol. The van der Waals surface area contributed by atoms with Gasteiger partial charge in [0.05, 0.1) is 12.5 Å². The number of carbonyl (C=O) groups excluding carboxylic acids is 3. The van der Waals surface area contributed by atoms with Crippen LogP contribution < -0.4 is 11.1 Å². The van der Waals surface area contributed by atoms with Crippen LogP contribution in [0.1, 0.15) is 28.4 Å². The zero-order valence-corrected chi connectivity index (χ0v) is 14.3. The van der Waals surface area contributed by atoms with Gasteiger partial charge in [-0.3, -0.25) is 9.59 Å². The van der Waals surface area contributed by atoms with Gasteiger partial charge < -0.3 is 15.8 Å². The molecule has 0 saturated heterocycles. The third-order valence-electron chi connectivity index (χ3n) is 3.50. The van der Waals surface area contributed by atoms with Crippen LogP contribution in [0.4, 0.5) is 9.18 Å². The van der Waals surface area contributed by atoms with Crippen molar-refractivity contribution in [3.05, 3.63) is 70.5 Å². The molecule has 0 bridgehead atoms. The van der Waals surface area contributed by atoms with Crippen molar-refractivity contribution in [1.29, 1.82) is 0 Å². The summed E-state index contributed by atoms with van der Waals surface area (Å²) in [6, 6.07) is 9.89. The molecule has 0 aromatic heterocycles. The number of nitrogens with two attached hydrogens (primary N) is 1. The topological polar surface area (TPSA) is 98.5 Å². The normalized spacial score (nSPS) is 11.5. The second-order valence-electron chi connectivity index (χ2n) is 5.38. The van der Waals surface area contributed by atoms with E-state index >= 15 is 0 Å². The molecule has 0 aliphatic carbocycles. The lowest BCUT2D eigenvalue weighted by Gasteiger charge is -2.18. The molecule has 0 aliphatic heterocycles. The molecule has 0 aliphatic rings. The number of carbonyl (C=O) groups is 3. The summed E-state index contributed by atoms with van der Waals surface area (Å²) in [5.74, 6) is -1.67. The van der Waals surface area contributed by atoms with Crippen molar-refractivity contribution in [2.24, 2.45) is 5.73 Å². The van der Waals surface area contributed by atoms with Crippen LogP contribution in [0.3, 0.4) is 0 Å². The second kappa shape index (κ2) is 8.96. The molecule has 2 amide bonds. The molecule has 8 heteroatoms. The van der Waals surface area contributed by atoms with Crippen LogP contribution in [-0.4, -0.2) is 24.4 Å². The van der Waals surface area contributed by atoms with Crippen molar-refractivity contribution >= 4 is 29.4 Å². The van der Waals surface area contributed by atoms with E-state index in [1.54, 1.807) is 24.3 Å². The molecule has 3 N–H and O–H groups in total. The van der Waals surface area contributed by atoms with Gasteiger partial charge in [0.2, 0.25) is 0 Å². The van der Waals surface area contributed by atoms with Crippen molar-refractivity contribution < 1.29 is 23.5 Å². The number of halogens is 2. The number of amides is 2. The molecule has 6 nitrogen and oxygen atoms in total. The number of urea groups is 1. The van der Waals surface area contributed by atoms with Crippen LogP contribution >= 0.6 is 11.6 Å². The fraction of sp³-hybridized carbons (Fsp3) is 0.167. The molecule has 0 heterocycles. The first kappa shape index (κ1) is 19.4. The number of primary amides is 1.